The van der Waals surface area contributed by atoms with Gasteiger partial charge in [0.25, 0.3) is 0 Å². The molecular weight excluding hydrogens is 720 g/mol. The normalized spacial score (nSPS) is 22.5. The first kappa shape index (κ1) is 37.2. The van der Waals surface area contributed by atoms with E-state index >= 15 is 0 Å². The first-order chi connectivity index (χ1) is 22.4. The van der Waals surface area contributed by atoms with Gasteiger partial charge in [0.15, 0.2) is 0 Å². The van der Waals surface area contributed by atoms with Crippen molar-refractivity contribution in [2.24, 2.45) is 11.8 Å². The van der Waals surface area contributed by atoms with Crippen LogP contribution in [0.1, 0.15) is 32.1 Å². The molecule has 4 aromatic rings. The van der Waals surface area contributed by atoms with Crippen molar-refractivity contribution in [2.75, 3.05) is 0 Å². The van der Waals surface area contributed by atoms with E-state index in [-0.39, 0.29) is 19.5 Å². The zero-order valence-corrected chi connectivity index (χ0v) is 29.6. The second-order valence-electron chi connectivity index (χ2n) is 11.6. The van der Waals surface area contributed by atoms with E-state index in [1.807, 2.05) is 0 Å². The Labute approximate surface area is 292 Å². The summed E-state index contributed by atoms with van der Waals surface area (Å²) in [5.41, 5.74) is 1.32. The monoisotopic (exact) mass is 760 g/mol. The van der Waals surface area contributed by atoms with Gasteiger partial charge in [-0.25, -0.2) is 0 Å². The molecule has 0 N–H and O–H groups in total. The number of allylic oxidation sites excluding steroid dienone is 6. The number of hydrogen-bond donors (Lipinski definition) is 0. The molecule has 0 amide bonds. The molecule has 247 valence electrons. The SMILES string of the molecule is C1=C[C@H]2C[C@@H]1[C@@H](P(c1ccccc1)c1ccccc1)[C@@H]2P(c1ccccc1)c1ccccc1.C1=C\CC/C=C\CC/1.F[B-](F)(F)F.[Rh]. The van der Waals surface area contributed by atoms with E-state index < -0.39 is 23.1 Å². The molecule has 1 fully saturated rings. The van der Waals surface area contributed by atoms with Gasteiger partial charge in [0, 0.05) is 30.8 Å². The Balaban J connectivity index is 0.000000301. The van der Waals surface area contributed by atoms with Crippen molar-refractivity contribution < 1.29 is 36.7 Å². The molecule has 2 bridgehead atoms. The molecule has 1 radical (unpaired) electrons. The number of halogens is 4. The van der Waals surface area contributed by atoms with E-state index in [0.29, 0.717) is 23.2 Å². The summed E-state index contributed by atoms with van der Waals surface area (Å²) in [7, 11) is -6.91. The Bertz CT molecular complexity index is 1340. The van der Waals surface area contributed by atoms with E-state index in [2.05, 4.69) is 158 Å². The summed E-state index contributed by atoms with van der Waals surface area (Å²) in [5, 5.41) is 6.08. The van der Waals surface area contributed by atoms with Crippen molar-refractivity contribution >= 4 is 44.3 Å². The average Bonchev–Trinajstić information content (AvgIpc) is 3.66. The van der Waals surface area contributed by atoms with E-state index in [4.69, 9.17) is 0 Å². The molecule has 0 aromatic heterocycles. The summed E-state index contributed by atoms with van der Waals surface area (Å²) in [6.45, 7) is 0. The van der Waals surface area contributed by atoms with E-state index in [1.54, 1.807) is 0 Å². The number of hydrogen-bond acceptors (Lipinski definition) is 0. The quantitative estimate of drug-likeness (QED) is 0.0795. The fraction of sp³-hybridized carbons (Fsp3) is 0.231. The van der Waals surface area contributed by atoms with Gasteiger partial charge in [0.05, 0.1) is 0 Å². The zero-order chi connectivity index (χ0) is 32.2. The van der Waals surface area contributed by atoms with Crippen molar-refractivity contribution in [3.63, 3.8) is 0 Å². The maximum atomic E-state index is 9.75. The molecule has 0 heterocycles. The summed E-state index contributed by atoms with van der Waals surface area (Å²) >= 11 is 0. The average molecular weight is 760 g/mol. The predicted octanol–water partition coefficient (Wildman–Crippen LogP) is 10.2. The van der Waals surface area contributed by atoms with Crippen molar-refractivity contribution in [1.82, 2.24) is 0 Å². The third-order valence-electron chi connectivity index (χ3n) is 8.44. The van der Waals surface area contributed by atoms with Crippen LogP contribution in [-0.2, 0) is 19.5 Å². The molecule has 7 rings (SSSR count). The molecule has 0 spiro atoms. The minimum atomic E-state index is -6.00. The molecule has 4 aromatic carbocycles. The zero-order valence-electron chi connectivity index (χ0n) is 26.2. The fourth-order valence-electron chi connectivity index (χ4n) is 6.66. The maximum absolute atomic E-state index is 9.75. The van der Waals surface area contributed by atoms with E-state index in [0.717, 1.165) is 0 Å². The van der Waals surface area contributed by atoms with Gasteiger partial charge in [-0.05, 0) is 81.0 Å². The van der Waals surface area contributed by atoms with Crippen LogP contribution >= 0.6 is 15.8 Å². The predicted molar refractivity (Wildman–Crippen MR) is 193 cm³/mol. The first-order valence-electron chi connectivity index (χ1n) is 16.0. The summed E-state index contributed by atoms with van der Waals surface area (Å²) < 4.78 is 39.0. The Kier molecular flexibility index (Phi) is 14.9. The molecule has 47 heavy (non-hydrogen) atoms. The number of benzene rings is 4. The van der Waals surface area contributed by atoms with Crippen LogP contribution in [0.4, 0.5) is 17.3 Å². The Morgan fingerprint density at radius 3 is 0.894 bits per heavy atom. The van der Waals surface area contributed by atoms with Gasteiger partial charge >= 0.3 is 7.25 Å². The van der Waals surface area contributed by atoms with Gasteiger partial charge in [0.1, 0.15) is 0 Å². The standard InChI is InChI=1S/C31H28P2.C8H12.BF4.Rh/c1-5-13-26(14-6-1)32(27-15-7-2-8-16-27)30-24-21-22-25(23-24)31(30)33(28-17-9-3-10-18-28)29-19-11-4-12-20-29;1-2-4-6-8-7-5-3-1;2-1(3,4)5;/h1-22,24-25,30-31H,23H2;1-2,7-8H,3-6H2;;/q;;-1;/b;2-1-,8-7-;;/t24-,25+,30-,31-;;;/m1.../s1. The summed E-state index contributed by atoms with van der Waals surface area (Å²) in [5.74, 6) is 1.34. The topological polar surface area (TPSA) is 0 Å². The van der Waals surface area contributed by atoms with Crippen molar-refractivity contribution in [3.8, 4) is 0 Å². The molecule has 0 saturated heterocycles. The maximum Gasteiger partial charge on any atom is 0.673 e. The number of fused-ring (bicyclic) bond motifs is 2. The largest absolute Gasteiger partial charge is 0.673 e. The van der Waals surface area contributed by atoms with Gasteiger partial charge in [-0.2, -0.15) is 0 Å². The van der Waals surface area contributed by atoms with Crippen LogP contribution in [0.5, 0.6) is 0 Å². The van der Waals surface area contributed by atoms with Crippen molar-refractivity contribution in [2.45, 2.75) is 43.4 Å². The molecule has 8 heteroatoms. The second-order valence-corrected chi connectivity index (χ2v) is 16.3. The molecule has 0 unspecified atom stereocenters. The van der Waals surface area contributed by atoms with Crippen LogP contribution in [0, 0.1) is 11.8 Å². The van der Waals surface area contributed by atoms with Crippen LogP contribution in [0.25, 0.3) is 0 Å². The summed E-state index contributed by atoms with van der Waals surface area (Å²) in [6.07, 6.45) is 20.4. The van der Waals surface area contributed by atoms with Gasteiger partial charge in [-0.1, -0.05) is 158 Å². The van der Waals surface area contributed by atoms with Gasteiger partial charge in [0.2, 0.25) is 0 Å². The van der Waals surface area contributed by atoms with E-state index in [1.165, 1.54) is 53.3 Å². The van der Waals surface area contributed by atoms with Crippen LogP contribution in [0.15, 0.2) is 158 Å². The Morgan fingerprint density at radius 2 is 0.660 bits per heavy atom. The first-order valence-corrected chi connectivity index (χ1v) is 18.9. The van der Waals surface area contributed by atoms with Gasteiger partial charge < -0.3 is 17.3 Å². The van der Waals surface area contributed by atoms with Gasteiger partial charge in [-0.3, -0.25) is 0 Å². The minimum absolute atomic E-state index is 0. The van der Waals surface area contributed by atoms with E-state index in [9.17, 15) is 17.3 Å². The van der Waals surface area contributed by atoms with Crippen LogP contribution in [0.3, 0.4) is 0 Å². The molecule has 4 atom stereocenters. The summed E-state index contributed by atoms with van der Waals surface area (Å²) in [6, 6.07) is 45.4. The van der Waals surface area contributed by atoms with Gasteiger partial charge in [-0.15, -0.1) is 0 Å². The Morgan fingerprint density at radius 1 is 0.426 bits per heavy atom. The molecule has 1 saturated carbocycles. The third-order valence-corrected chi connectivity index (χ3v) is 14.7. The van der Waals surface area contributed by atoms with Crippen LogP contribution in [-0.4, -0.2) is 18.6 Å². The summed E-state index contributed by atoms with van der Waals surface area (Å²) in [4.78, 5) is 0. The second kappa shape index (κ2) is 18.8. The van der Waals surface area contributed by atoms with Crippen LogP contribution in [0.2, 0.25) is 0 Å². The fourth-order valence-corrected chi connectivity index (χ4v) is 13.7. The molecular formula is C39H40BF4P2Rh-. The Hall–Kier alpha value is -2.63. The van der Waals surface area contributed by atoms with Crippen LogP contribution < -0.4 is 21.2 Å². The van der Waals surface area contributed by atoms with Crippen molar-refractivity contribution in [1.29, 1.82) is 0 Å². The minimum Gasteiger partial charge on any atom is -0.418 e. The smallest absolute Gasteiger partial charge is 0.418 e. The van der Waals surface area contributed by atoms with Crippen molar-refractivity contribution in [3.05, 3.63) is 158 Å². The molecule has 0 nitrogen and oxygen atoms in total. The molecule has 3 aliphatic carbocycles. The number of rotatable bonds is 6. The third kappa shape index (κ3) is 10.9. The molecule has 3 aliphatic rings. The molecule has 0 aliphatic heterocycles.